The van der Waals surface area contributed by atoms with E-state index < -0.39 is 12.1 Å². The smallest absolute Gasteiger partial charge is 0.407 e. The molecule has 1 atom stereocenters. The Morgan fingerprint density at radius 2 is 1.57 bits per heavy atom. The second kappa shape index (κ2) is 13.7. The van der Waals surface area contributed by atoms with Crippen LogP contribution in [0.25, 0.3) is 0 Å². The second-order valence-electron chi connectivity index (χ2n) is 5.48. The lowest BCUT2D eigenvalue weighted by atomic mass is 10.0. The quantitative estimate of drug-likeness (QED) is 0.865. The summed E-state index contributed by atoms with van der Waals surface area (Å²) in [7, 11) is 2.98. The van der Waals surface area contributed by atoms with Crippen molar-refractivity contribution in [1.82, 2.24) is 10.2 Å². The number of alkyl carbamates (subject to hydrolysis) is 1. The van der Waals surface area contributed by atoms with Crippen molar-refractivity contribution < 1.29 is 14.3 Å². The molecule has 21 heavy (non-hydrogen) atoms. The molecule has 2 amide bonds. The van der Waals surface area contributed by atoms with Crippen LogP contribution in [0, 0.1) is 5.92 Å². The summed E-state index contributed by atoms with van der Waals surface area (Å²) in [4.78, 5) is 24.4. The van der Waals surface area contributed by atoms with Crippen LogP contribution in [0.4, 0.5) is 4.79 Å². The number of carbonyl (C=O) groups is 2. The van der Waals surface area contributed by atoms with Crippen molar-refractivity contribution in [2.45, 2.75) is 66.3 Å². The molecule has 0 heterocycles. The molecule has 0 saturated heterocycles. The zero-order valence-corrected chi connectivity index (χ0v) is 14.9. The van der Waals surface area contributed by atoms with Crippen molar-refractivity contribution >= 4 is 12.0 Å². The predicted molar refractivity (Wildman–Crippen MR) is 87.3 cm³/mol. The SMILES string of the molecule is C1CC1.CCC.CCN(C)C(=O)C(NC(=O)OC)C(C)C. The highest BCUT2D eigenvalue weighted by Crippen LogP contribution is 2.14. The van der Waals surface area contributed by atoms with Gasteiger partial charge in [0.25, 0.3) is 0 Å². The van der Waals surface area contributed by atoms with Crippen LogP contribution in [0.2, 0.25) is 0 Å². The minimum absolute atomic E-state index is 0.0330. The summed E-state index contributed by atoms with van der Waals surface area (Å²) in [5.41, 5.74) is 0. The molecule has 1 aliphatic rings. The molecular weight excluding hydrogens is 268 g/mol. The van der Waals surface area contributed by atoms with E-state index in [1.54, 1.807) is 11.9 Å². The fourth-order valence-electron chi connectivity index (χ4n) is 1.09. The Balaban J connectivity index is 0. The molecule has 1 saturated carbocycles. The Hall–Kier alpha value is -1.26. The summed E-state index contributed by atoms with van der Waals surface area (Å²) in [6.45, 7) is 10.5. The summed E-state index contributed by atoms with van der Waals surface area (Å²) in [5, 5.41) is 2.53. The first kappa shape index (κ1) is 22.0. The molecule has 0 bridgehead atoms. The van der Waals surface area contributed by atoms with E-state index in [1.807, 2.05) is 20.8 Å². The van der Waals surface area contributed by atoms with Gasteiger partial charge >= 0.3 is 6.09 Å². The van der Waals surface area contributed by atoms with Gasteiger partial charge in [-0.2, -0.15) is 0 Å². The first-order valence-corrected chi connectivity index (χ1v) is 7.94. The lowest BCUT2D eigenvalue weighted by molar-refractivity contribution is -0.132. The average Bonchev–Trinajstić information content (AvgIpc) is 3.31. The first-order chi connectivity index (χ1) is 9.85. The van der Waals surface area contributed by atoms with Gasteiger partial charge in [-0.25, -0.2) is 4.79 Å². The standard InChI is InChI=1S/C10H20N2O3.C3H6.C3H8/c1-6-12(4)9(13)8(7(2)3)11-10(14)15-5;1-2-3-1;1-3-2/h7-8H,6H2,1-5H3,(H,11,14);1-3H2;3H2,1-2H3. The van der Waals surface area contributed by atoms with Gasteiger partial charge in [0.2, 0.25) is 5.91 Å². The van der Waals surface area contributed by atoms with E-state index in [2.05, 4.69) is 23.9 Å². The molecule has 1 aliphatic carbocycles. The third-order valence-corrected chi connectivity index (χ3v) is 2.60. The fourth-order valence-corrected chi connectivity index (χ4v) is 1.09. The van der Waals surface area contributed by atoms with Gasteiger partial charge in [-0.05, 0) is 12.8 Å². The van der Waals surface area contributed by atoms with E-state index in [-0.39, 0.29) is 11.8 Å². The summed E-state index contributed by atoms with van der Waals surface area (Å²) in [6, 6.07) is -0.526. The molecule has 1 fully saturated rings. The molecule has 0 aromatic heterocycles. The van der Waals surface area contributed by atoms with Crippen molar-refractivity contribution in [1.29, 1.82) is 0 Å². The highest BCUT2D eigenvalue weighted by atomic mass is 16.5. The maximum Gasteiger partial charge on any atom is 0.407 e. The van der Waals surface area contributed by atoms with Crippen LogP contribution in [-0.4, -0.2) is 43.6 Å². The fraction of sp³-hybridized carbons (Fsp3) is 0.875. The summed E-state index contributed by atoms with van der Waals surface area (Å²) < 4.78 is 4.47. The molecule has 0 aromatic carbocycles. The van der Waals surface area contributed by atoms with E-state index in [4.69, 9.17) is 0 Å². The minimum Gasteiger partial charge on any atom is -0.453 e. The largest absolute Gasteiger partial charge is 0.453 e. The monoisotopic (exact) mass is 302 g/mol. The van der Waals surface area contributed by atoms with Crippen LogP contribution in [0.5, 0.6) is 0 Å². The number of nitrogens with zero attached hydrogens (tertiary/aromatic N) is 1. The van der Waals surface area contributed by atoms with Gasteiger partial charge in [-0.1, -0.05) is 53.4 Å². The van der Waals surface area contributed by atoms with Crippen LogP contribution in [0.3, 0.4) is 0 Å². The van der Waals surface area contributed by atoms with E-state index >= 15 is 0 Å². The number of carbonyl (C=O) groups excluding carboxylic acids is 2. The van der Waals surface area contributed by atoms with Crippen LogP contribution < -0.4 is 5.32 Å². The van der Waals surface area contributed by atoms with Gasteiger partial charge in [0.15, 0.2) is 0 Å². The molecule has 0 aliphatic heterocycles. The van der Waals surface area contributed by atoms with Crippen molar-refractivity contribution in [3.05, 3.63) is 0 Å². The number of nitrogens with one attached hydrogen (secondary N) is 1. The van der Waals surface area contributed by atoms with Crippen LogP contribution >= 0.6 is 0 Å². The van der Waals surface area contributed by atoms with Gasteiger partial charge in [0.05, 0.1) is 7.11 Å². The maximum absolute atomic E-state index is 11.8. The number of likely N-dealkylation sites (N-methyl/N-ethyl adjacent to an activating group) is 1. The molecule has 5 nitrogen and oxygen atoms in total. The summed E-state index contributed by atoms with van der Waals surface area (Å²) >= 11 is 0. The third kappa shape index (κ3) is 13.5. The van der Waals surface area contributed by atoms with Gasteiger partial charge in [-0.15, -0.1) is 0 Å². The normalized spacial score (nSPS) is 13.0. The van der Waals surface area contributed by atoms with Crippen LogP contribution in [-0.2, 0) is 9.53 Å². The second-order valence-corrected chi connectivity index (χ2v) is 5.48. The van der Waals surface area contributed by atoms with Gasteiger partial charge in [0, 0.05) is 13.6 Å². The Bertz CT molecular complexity index is 276. The molecular formula is C16H34N2O3. The zero-order chi connectivity index (χ0) is 16.8. The van der Waals surface area contributed by atoms with Crippen LogP contribution in [0.1, 0.15) is 60.3 Å². The molecule has 1 N–H and O–H groups in total. The van der Waals surface area contributed by atoms with Crippen molar-refractivity contribution in [3.63, 3.8) is 0 Å². The molecule has 1 rings (SSSR count). The summed E-state index contributed by atoms with van der Waals surface area (Å²) in [5.74, 6) is -0.0662. The zero-order valence-electron chi connectivity index (χ0n) is 14.9. The number of hydrogen-bond acceptors (Lipinski definition) is 3. The number of methoxy groups -OCH3 is 1. The van der Waals surface area contributed by atoms with Gasteiger partial charge in [0.1, 0.15) is 6.04 Å². The molecule has 0 aromatic rings. The number of hydrogen-bond donors (Lipinski definition) is 1. The molecule has 0 spiro atoms. The van der Waals surface area contributed by atoms with E-state index in [0.717, 1.165) is 0 Å². The number of amides is 2. The van der Waals surface area contributed by atoms with Crippen LogP contribution in [0.15, 0.2) is 0 Å². The first-order valence-electron chi connectivity index (χ1n) is 7.94. The maximum atomic E-state index is 11.8. The minimum atomic E-state index is -0.577. The topological polar surface area (TPSA) is 58.6 Å². The Morgan fingerprint density at radius 1 is 1.14 bits per heavy atom. The summed E-state index contributed by atoms with van der Waals surface area (Å²) in [6.07, 6.45) is 5.17. The lowest BCUT2D eigenvalue weighted by Crippen LogP contribution is -2.50. The number of ether oxygens (including phenoxy) is 1. The molecule has 126 valence electrons. The van der Waals surface area contributed by atoms with E-state index in [0.29, 0.717) is 6.54 Å². The molecule has 5 heteroatoms. The number of rotatable bonds is 4. The Labute approximate surface area is 130 Å². The van der Waals surface area contributed by atoms with E-state index in [1.165, 1.54) is 32.8 Å². The molecule has 1 unspecified atom stereocenters. The van der Waals surface area contributed by atoms with Crippen molar-refractivity contribution in [2.24, 2.45) is 5.92 Å². The average molecular weight is 302 g/mol. The highest BCUT2D eigenvalue weighted by molar-refractivity contribution is 5.85. The predicted octanol–water partition coefficient (Wildman–Crippen LogP) is 3.43. The third-order valence-electron chi connectivity index (χ3n) is 2.60. The van der Waals surface area contributed by atoms with E-state index in [9.17, 15) is 9.59 Å². The van der Waals surface area contributed by atoms with Crippen molar-refractivity contribution in [2.75, 3.05) is 20.7 Å². The lowest BCUT2D eigenvalue weighted by Gasteiger charge is -2.25. The highest BCUT2D eigenvalue weighted by Gasteiger charge is 2.26. The molecule has 0 radical (unpaired) electrons. The Morgan fingerprint density at radius 3 is 1.81 bits per heavy atom. The van der Waals surface area contributed by atoms with Gasteiger partial charge < -0.3 is 15.0 Å². The Kier molecular flexibility index (Phi) is 14.4. The van der Waals surface area contributed by atoms with Crippen molar-refractivity contribution in [3.8, 4) is 0 Å². The van der Waals surface area contributed by atoms with Gasteiger partial charge in [-0.3, -0.25) is 4.79 Å².